The lowest BCUT2D eigenvalue weighted by Gasteiger charge is -2.49. The number of hydrogen-bond acceptors (Lipinski definition) is 5. The summed E-state index contributed by atoms with van der Waals surface area (Å²) in [6.07, 6.45) is 7.23. The molecule has 7 heteroatoms. The minimum absolute atomic E-state index is 0.00913. The predicted molar refractivity (Wildman–Crippen MR) is 119 cm³/mol. The largest absolute Gasteiger partial charge is 0.456 e. The van der Waals surface area contributed by atoms with Crippen LogP contribution in [0.4, 0.5) is 0 Å². The molecule has 0 aromatic carbocycles. The van der Waals surface area contributed by atoms with Crippen molar-refractivity contribution in [2.75, 3.05) is 19.6 Å². The van der Waals surface area contributed by atoms with Gasteiger partial charge in [-0.25, -0.2) is 4.79 Å². The van der Waals surface area contributed by atoms with Gasteiger partial charge in [-0.2, -0.15) is 0 Å². The Morgan fingerprint density at radius 1 is 1.16 bits per heavy atom. The summed E-state index contributed by atoms with van der Waals surface area (Å²) >= 11 is 0. The molecule has 2 amide bonds. The zero-order chi connectivity index (χ0) is 23.0. The lowest BCUT2D eigenvalue weighted by Crippen LogP contribution is -2.61. The van der Waals surface area contributed by atoms with E-state index < -0.39 is 11.6 Å². The van der Waals surface area contributed by atoms with Crippen LogP contribution in [0.2, 0.25) is 0 Å². The minimum Gasteiger partial charge on any atom is -0.456 e. The first-order valence-corrected chi connectivity index (χ1v) is 11.3. The third-order valence-electron chi connectivity index (χ3n) is 5.77. The van der Waals surface area contributed by atoms with Crippen LogP contribution in [-0.2, 0) is 19.1 Å². The third-order valence-corrected chi connectivity index (χ3v) is 5.77. The molecule has 1 saturated carbocycles. The summed E-state index contributed by atoms with van der Waals surface area (Å²) < 4.78 is 5.53. The fourth-order valence-corrected chi connectivity index (χ4v) is 4.14. The first kappa shape index (κ1) is 23.5. The number of amides is 2. The normalized spacial score (nSPS) is 22.4. The molecule has 31 heavy (non-hydrogen) atoms. The zero-order valence-corrected chi connectivity index (χ0v) is 19.8. The first-order valence-electron chi connectivity index (χ1n) is 11.3. The second-order valence-corrected chi connectivity index (χ2v) is 11.0. The van der Waals surface area contributed by atoms with Crippen LogP contribution in [0.1, 0.15) is 67.2 Å². The lowest BCUT2D eigenvalue weighted by molar-refractivity contribution is -0.150. The fourth-order valence-electron chi connectivity index (χ4n) is 4.14. The summed E-state index contributed by atoms with van der Waals surface area (Å²) in [6.45, 7) is 12.7. The Balaban J connectivity index is 1.83. The number of carbonyl (C=O) groups excluding carboxylic acids is 3. The van der Waals surface area contributed by atoms with Crippen LogP contribution < -0.4 is 5.32 Å². The smallest absolute Gasteiger partial charge is 0.338 e. The lowest BCUT2D eigenvalue weighted by atomic mass is 9.86. The number of nitrogens with zero attached hydrogens (tertiary/aromatic N) is 2. The van der Waals surface area contributed by atoms with Crippen LogP contribution in [0.25, 0.3) is 0 Å². The van der Waals surface area contributed by atoms with Crippen LogP contribution in [0, 0.1) is 5.41 Å². The molecule has 7 nitrogen and oxygen atoms in total. The van der Waals surface area contributed by atoms with E-state index in [1.807, 2.05) is 31.7 Å². The first-order chi connectivity index (χ1) is 14.4. The third kappa shape index (κ3) is 5.76. The molecule has 0 bridgehead atoms. The van der Waals surface area contributed by atoms with Gasteiger partial charge in [-0.05, 0) is 57.9 Å². The second-order valence-electron chi connectivity index (χ2n) is 11.0. The maximum Gasteiger partial charge on any atom is 0.338 e. The highest BCUT2D eigenvalue weighted by Gasteiger charge is 2.44. The van der Waals surface area contributed by atoms with Gasteiger partial charge in [0, 0.05) is 18.3 Å². The summed E-state index contributed by atoms with van der Waals surface area (Å²) in [6, 6.07) is 0.0259. The highest BCUT2D eigenvalue weighted by atomic mass is 16.6. The molecule has 1 heterocycles. The van der Waals surface area contributed by atoms with Crippen molar-refractivity contribution < 1.29 is 19.1 Å². The van der Waals surface area contributed by atoms with Crippen LogP contribution >= 0.6 is 0 Å². The number of fused-ring (bicyclic) bond motifs is 1. The molecule has 1 N–H and O–H groups in total. The van der Waals surface area contributed by atoms with Gasteiger partial charge in [0.25, 0.3) is 0 Å². The highest BCUT2D eigenvalue weighted by molar-refractivity contribution is 5.94. The van der Waals surface area contributed by atoms with Gasteiger partial charge in [0.2, 0.25) is 11.8 Å². The van der Waals surface area contributed by atoms with Gasteiger partial charge in [-0.3, -0.25) is 9.59 Å². The van der Waals surface area contributed by atoms with Crippen molar-refractivity contribution in [3.05, 3.63) is 23.4 Å². The van der Waals surface area contributed by atoms with Gasteiger partial charge in [0.15, 0.2) is 0 Å². The molecular formula is C24H37N3O4. The van der Waals surface area contributed by atoms with E-state index in [2.05, 4.69) is 26.1 Å². The molecule has 3 aliphatic rings. The quantitative estimate of drug-likeness (QED) is 0.677. The Morgan fingerprint density at radius 3 is 2.39 bits per heavy atom. The number of ether oxygens (including phenoxy) is 1. The van der Waals surface area contributed by atoms with Crippen molar-refractivity contribution in [3.8, 4) is 0 Å². The molecule has 0 spiro atoms. The Labute approximate surface area is 185 Å². The number of piperazine rings is 1. The van der Waals surface area contributed by atoms with E-state index in [-0.39, 0.29) is 42.4 Å². The molecule has 1 aliphatic heterocycles. The number of rotatable bonds is 5. The molecule has 0 aromatic rings. The molecule has 1 atom stereocenters. The number of nitrogens with one attached hydrogen (secondary N) is 1. The van der Waals surface area contributed by atoms with Gasteiger partial charge in [-0.15, -0.1) is 0 Å². The van der Waals surface area contributed by atoms with Gasteiger partial charge in [0.1, 0.15) is 12.1 Å². The van der Waals surface area contributed by atoms with Crippen LogP contribution in [0.5, 0.6) is 0 Å². The van der Waals surface area contributed by atoms with E-state index in [1.165, 1.54) is 0 Å². The van der Waals surface area contributed by atoms with Crippen molar-refractivity contribution >= 4 is 17.8 Å². The Morgan fingerprint density at radius 2 is 1.84 bits per heavy atom. The van der Waals surface area contributed by atoms with E-state index >= 15 is 0 Å². The van der Waals surface area contributed by atoms with E-state index in [1.54, 1.807) is 11.0 Å². The average Bonchev–Trinajstić information content (AvgIpc) is 2.59. The van der Waals surface area contributed by atoms with Crippen molar-refractivity contribution in [1.82, 2.24) is 15.1 Å². The second kappa shape index (κ2) is 8.77. The van der Waals surface area contributed by atoms with E-state index in [0.717, 1.165) is 25.0 Å². The fraction of sp³-hybridized carbons (Fsp3) is 0.708. The minimum atomic E-state index is -0.597. The van der Waals surface area contributed by atoms with Gasteiger partial charge in [0.05, 0.1) is 18.2 Å². The van der Waals surface area contributed by atoms with Gasteiger partial charge in [-0.1, -0.05) is 26.8 Å². The topological polar surface area (TPSA) is 79.0 Å². The molecule has 0 aromatic heterocycles. The molecule has 1 unspecified atom stereocenters. The van der Waals surface area contributed by atoms with Crippen molar-refractivity contribution in [3.63, 3.8) is 0 Å². The Kier molecular flexibility index (Phi) is 6.65. The highest BCUT2D eigenvalue weighted by Crippen LogP contribution is 2.36. The summed E-state index contributed by atoms with van der Waals surface area (Å²) in [5.74, 6) is -0.554. The van der Waals surface area contributed by atoms with Crippen molar-refractivity contribution in [2.24, 2.45) is 5.41 Å². The van der Waals surface area contributed by atoms with E-state index in [9.17, 15) is 14.4 Å². The molecule has 3 rings (SSSR count). The van der Waals surface area contributed by atoms with Gasteiger partial charge < -0.3 is 19.9 Å². The summed E-state index contributed by atoms with van der Waals surface area (Å²) in [4.78, 5) is 42.2. The molecule has 0 radical (unpaired) electrons. The zero-order valence-electron chi connectivity index (χ0n) is 19.8. The number of hydrogen-bond donors (Lipinski definition) is 1. The van der Waals surface area contributed by atoms with Crippen LogP contribution in [0.3, 0.4) is 0 Å². The van der Waals surface area contributed by atoms with Crippen molar-refractivity contribution in [2.45, 2.75) is 84.9 Å². The Bertz CT molecular complexity index is 797. The summed E-state index contributed by atoms with van der Waals surface area (Å²) in [5, 5.41) is 3.20. The van der Waals surface area contributed by atoms with Gasteiger partial charge >= 0.3 is 5.97 Å². The maximum atomic E-state index is 13.1. The molecule has 2 fully saturated rings. The predicted octanol–water partition coefficient (Wildman–Crippen LogP) is 2.77. The SMILES string of the molecule is CC(C)(C)CNCC(=O)N1CC(=O)N(C2CCC2)C2CC=C(C(=O)OC(C)(C)C)C=C21. The molecule has 1 saturated heterocycles. The number of esters is 1. The summed E-state index contributed by atoms with van der Waals surface area (Å²) in [5.41, 5.74) is 0.639. The molecule has 172 valence electrons. The monoisotopic (exact) mass is 431 g/mol. The average molecular weight is 432 g/mol. The standard InChI is InChI=1S/C24H37N3O4/c1-23(2,3)15-25-13-20(28)26-14-21(29)27(17-8-7-9-17)18-11-10-16(12-19(18)26)22(30)31-24(4,5)6/h10,12,17-18,25H,7-9,11,13-15H2,1-6H3. The van der Waals surface area contributed by atoms with E-state index in [4.69, 9.17) is 4.74 Å². The summed E-state index contributed by atoms with van der Waals surface area (Å²) in [7, 11) is 0. The van der Waals surface area contributed by atoms with E-state index in [0.29, 0.717) is 18.5 Å². The van der Waals surface area contributed by atoms with Crippen molar-refractivity contribution in [1.29, 1.82) is 0 Å². The van der Waals surface area contributed by atoms with Crippen LogP contribution in [0.15, 0.2) is 23.4 Å². The van der Waals surface area contributed by atoms with Crippen LogP contribution in [-0.4, -0.2) is 64.9 Å². The number of carbonyl (C=O) groups is 3. The Hall–Kier alpha value is -2.15. The molecular weight excluding hydrogens is 394 g/mol. The maximum absolute atomic E-state index is 13.1. The molecule has 2 aliphatic carbocycles.